The minimum atomic E-state index is -1.63. The van der Waals surface area contributed by atoms with Crippen molar-refractivity contribution >= 4 is 18.7 Å². The largest absolute Gasteiger partial charge is 0.449 e. The fourth-order valence-electron chi connectivity index (χ4n) is 2.94. The van der Waals surface area contributed by atoms with E-state index in [1.165, 1.54) is 4.90 Å². The predicted octanol–water partition coefficient (Wildman–Crippen LogP) is 1.15. The van der Waals surface area contributed by atoms with E-state index in [9.17, 15) is 13.6 Å². The van der Waals surface area contributed by atoms with Crippen molar-refractivity contribution in [2.24, 2.45) is 11.7 Å². The van der Waals surface area contributed by atoms with Gasteiger partial charge in [-0.05, 0) is 18.8 Å². The second-order valence-electron chi connectivity index (χ2n) is 4.93. The monoisotopic (exact) mass is 280 g/mol. The zero-order valence-corrected chi connectivity index (χ0v) is 10.9. The van der Waals surface area contributed by atoms with Crippen molar-refractivity contribution in [1.29, 1.82) is 0 Å². The second-order valence-corrected chi connectivity index (χ2v) is 5.38. The predicted molar refractivity (Wildman–Crippen MR) is 66.2 cm³/mol. The normalized spacial score (nSPS) is 39.6. The number of amides is 1. The average Bonchev–Trinajstić information content (AvgIpc) is 2.61. The van der Waals surface area contributed by atoms with Gasteiger partial charge in [0.25, 0.3) is 0 Å². The Labute approximate surface area is 110 Å². The molecule has 1 unspecified atom stereocenters. The van der Waals surface area contributed by atoms with Crippen LogP contribution in [-0.2, 0) is 4.74 Å². The van der Waals surface area contributed by atoms with Gasteiger partial charge in [0.15, 0.2) is 6.17 Å². The number of hydrogen-bond acceptors (Lipinski definition) is 4. The van der Waals surface area contributed by atoms with Crippen molar-refractivity contribution in [3.63, 3.8) is 0 Å². The lowest BCUT2D eigenvalue weighted by molar-refractivity contribution is 0.0327. The third-order valence-electron chi connectivity index (χ3n) is 3.63. The van der Waals surface area contributed by atoms with Crippen molar-refractivity contribution in [3.8, 4) is 0 Å². The number of halogens is 2. The van der Waals surface area contributed by atoms with E-state index in [4.69, 9.17) is 10.5 Å². The topological polar surface area (TPSA) is 55.6 Å². The van der Waals surface area contributed by atoms with E-state index in [-0.39, 0.29) is 31.5 Å². The summed E-state index contributed by atoms with van der Waals surface area (Å²) in [5.74, 6) is 0.187. The van der Waals surface area contributed by atoms with Gasteiger partial charge in [-0.1, -0.05) is 0 Å². The quantitative estimate of drug-likeness (QED) is 0.746. The van der Waals surface area contributed by atoms with Crippen molar-refractivity contribution in [1.82, 2.24) is 4.90 Å². The van der Waals surface area contributed by atoms with Crippen LogP contribution < -0.4 is 5.73 Å². The van der Waals surface area contributed by atoms with Gasteiger partial charge in [-0.2, -0.15) is 12.6 Å². The van der Waals surface area contributed by atoms with E-state index in [0.717, 1.165) is 0 Å². The van der Waals surface area contributed by atoms with Gasteiger partial charge in [0.1, 0.15) is 12.8 Å². The highest BCUT2D eigenvalue weighted by Gasteiger charge is 2.51. The molecule has 0 radical (unpaired) electrons. The van der Waals surface area contributed by atoms with Crippen LogP contribution in [0.3, 0.4) is 0 Å². The van der Waals surface area contributed by atoms with Crippen LogP contribution in [0.1, 0.15) is 12.8 Å². The number of nitrogens with two attached hydrogens (primary N) is 1. The van der Waals surface area contributed by atoms with E-state index in [2.05, 4.69) is 12.6 Å². The molecular formula is C11H18F2N2O2S. The Morgan fingerprint density at radius 1 is 1.44 bits per heavy atom. The van der Waals surface area contributed by atoms with Crippen LogP contribution in [0.15, 0.2) is 0 Å². The lowest BCUT2D eigenvalue weighted by atomic mass is 9.89. The van der Waals surface area contributed by atoms with Crippen LogP contribution in [-0.4, -0.2) is 54.3 Å². The standard InChI is InChI=1S/C11H18F2N2O2S/c12-8-4-6-3-7(14)5-15(10(6)9(8)13)11(16)17-1-2-18/h6-10,18H,1-5,14H2/t6-,7+,8+,9+,10?/m1/s1. The number of nitrogens with zero attached hydrogens (tertiary/aromatic N) is 1. The molecule has 5 atom stereocenters. The summed E-state index contributed by atoms with van der Waals surface area (Å²) in [5.41, 5.74) is 5.83. The first-order valence-corrected chi connectivity index (χ1v) is 6.75. The van der Waals surface area contributed by atoms with Gasteiger partial charge in [0.05, 0.1) is 6.04 Å². The van der Waals surface area contributed by atoms with Crippen molar-refractivity contribution in [2.45, 2.75) is 37.3 Å². The van der Waals surface area contributed by atoms with Crippen LogP contribution in [0.25, 0.3) is 0 Å². The molecular weight excluding hydrogens is 262 g/mol. The molecule has 2 rings (SSSR count). The summed E-state index contributed by atoms with van der Waals surface area (Å²) < 4.78 is 32.2. The first kappa shape index (κ1) is 13.9. The molecule has 1 aliphatic heterocycles. The number of rotatable bonds is 2. The molecule has 1 amide bonds. The molecule has 0 aromatic rings. The van der Waals surface area contributed by atoms with E-state index in [1.807, 2.05) is 0 Å². The average molecular weight is 280 g/mol. The molecule has 2 fully saturated rings. The summed E-state index contributed by atoms with van der Waals surface area (Å²) in [6, 6.07) is -0.973. The van der Waals surface area contributed by atoms with E-state index < -0.39 is 24.5 Å². The Kier molecular flexibility index (Phi) is 4.32. The summed E-state index contributed by atoms with van der Waals surface area (Å²) in [4.78, 5) is 13.1. The zero-order valence-electron chi connectivity index (χ0n) is 9.97. The van der Waals surface area contributed by atoms with Gasteiger partial charge < -0.3 is 15.4 Å². The number of carbonyl (C=O) groups is 1. The molecule has 1 saturated heterocycles. The summed E-state index contributed by atoms with van der Waals surface area (Å²) in [6.07, 6.45) is -3.07. The van der Waals surface area contributed by atoms with Gasteiger partial charge in [0.2, 0.25) is 0 Å². The molecule has 1 heterocycles. The Morgan fingerprint density at radius 2 is 2.17 bits per heavy atom. The maximum Gasteiger partial charge on any atom is 0.410 e. The first-order valence-electron chi connectivity index (χ1n) is 6.12. The van der Waals surface area contributed by atoms with Crippen molar-refractivity contribution in [2.75, 3.05) is 18.9 Å². The lowest BCUT2D eigenvalue weighted by Gasteiger charge is -2.40. The van der Waals surface area contributed by atoms with Crippen molar-refractivity contribution in [3.05, 3.63) is 0 Å². The summed E-state index contributed by atoms with van der Waals surface area (Å²) in [7, 11) is 0. The Hall–Kier alpha value is -0.560. The Morgan fingerprint density at radius 3 is 2.83 bits per heavy atom. The summed E-state index contributed by atoms with van der Waals surface area (Å²) in [6.45, 7) is 0.376. The van der Waals surface area contributed by atoms with Gasteiger partial charge in [0, 0.05) is 18.3 Å². The van der Waals surface area contributed by atoms with Crippen LogP contribution in [0.5, 0.6) is 0 Å². The number of piperidine rings is 1. The molecule has 18 heavy (non-hydrogen) atoms. The molecule has 4 nitrogen and oxygen atoms in total. The fraction of sp³-hybridized carbons (Fsp3) is 0.909. The van der Waals surface area contributed by atoms with Gasteiger partial charge in [-0.3, -0.25) is 0 Å². The highest BCUT2D eigenvalue weighted by molar-refractivity contribution is 7.80. The molecule has 0 aromatic heterocycles. The zero-order chi connectivity index (χ0) is 13.3. The minimum absolute atomic E-state index is 0.135. The third-order valence-corrected chi connectivity index (χ3v) is 3.81. The third kappa shape index (κ3) is 2.56. The second kappa shape index (κ2) is 5.61. The smallest absolute Gasteiger partial charge is 0.410 e. The van der Waals surface area contributed by atoms with E-state index in [0.29, 0.717) is 12.2 Å². The molecule has 0 spiro atoms. The number of carbonyl (C=O) groups excluding carboxylic acids is 1. The maximum atomic E-state index is 13.8. The lowest BCUT2D eigenvalue weighted by Crippen LogP contribution is -2.56. The highest BCUT2D eigenvalue weighted by Crippen LogP contribution is 2.40. The van der Waals surface area contributed by atoms with E-state index >= 15 is 0 Å². The van der Waals surface area contributed by atoms with Gasteiger partial charge >= 0.3 is 6.09 Å². The number of fused-ring (bicyclic) bond motifs is 1. The summed E-state index contributed by atoms with van der Waals surface area (Å²) >= 11 is 3.93. The van der Waals surface area contributed by atoms with Crippen LogP contribution in [0.4, 0.5) is 13.6 Å². The summed E-state index contributed by atoms with van der Waals surface area (Å²) in [5, 5.41) is 0. The molecule has 0 bridgehead atoms. The Bertz CT molecular complexity index is 319. The molecule has 7 heteroatoms. The highest BCUT2D eigenvalue weighted by atomic mass is 32.1. The first-order chi connectivity index (χ1) is 8.54. The van der Waals surface area contributed by atoms with Crippen LogP contribution in [0, 0.1) is 5.92 Å². The fourth-order valence-corrected chi connectivity index (χ4v) is 3.04. The molecule has 2 aliphatic rings. The van der Waals surface area contributed by atoms with E-state index in [1.54, 1.807) is 0 Å². The Balaban J connectivity index is 2.09. The molecule has 104 valence electrons. The van der Waals surface area contributed by atoms with Gasteiger partial charge in [-0.25, -0.2) is 13.6 Å². The molecule has 0 aromatic carbocycles. The van der Waals surface area contributed by atoms with Crippen molar-refractivity contribution < 1.29 is 18.3 Å². The molecule has 1 saturated carbocycles. The number of likely N-dealkylation sites (tertiary alicyclic amines) is 1. The maximum absolute atomic E-state index is 13.8. The van der Waals surface area contributed by atoms with Crippen LogP contribution in [0.2, 0.25) is 0 Å². The minimum Gasteiger partial charge on any atom is -0.449 e. The van der Waals surface area contributed by atoms with Crippen LogP contribution >= 0.6 is 12.6 Å². The molecule has 2 N–H and O–H groups in total. The van der Waals surface area contributed by atoms with Gasteiger partial charge in [-0.15, -0.1) is 0 Å². The SMILES string of the molecule is N[C@H]1C[C@@H]2C[C@H](F)[C@H](F)C2N(C(=O)OCCS)C1. The number of ether oxygens (including phenoxy) is 1. The number of alkyl halides is 2. The molecule has 1 aliphatic carbocycles. The number of thiol groups is 1. The number of hydrogen-bond donors (Lipinski definition) is 2.